The van der Waals surface area contributed by atoms with Crippen molar-refractivity contribution >= 4 is 5.97 Å². The molecule has 0 aliphatic carbocycles. The fourth-order valence-corrected chi connectivity index (χ4v) is 1.87. The maximum Gasteiger partial charge on any atom is 0.334 e. The van der Waals surface area contributed by atoms with E-state index in [-0.39, 0.29) is 12.0 Å². The van der Waals surface area contributed by atoms with Gasteiger partial charge in [0, 0.05) is 24.7 Å². The minimum absolute atomic E-state index is 0.0920. The monoisotopic (exact) mass is 259 g/mol. The van der Waals surface area contributed by atoms with Crippen LogP contribution in [0.5, 0.6) is 0 Å². The van der Waals surface area contributed by atoms with E-state index in [1.165, 1.54) is 12.7 Å². The fourth-order valence-electron chi connectivity index (χ4n) is 1.87. The van der Waals surface area contributed by atoms with Crippen LogP contribution in [0.1, 0.15) is 12.5 Å². The summed E-state index contributed by atoms with van der Waals surface area (Å²) in [5, 5.41) is 0. The molecule has 19 heavy (non-hydrogen) atoms. The van der Waals surface area contributed by atoms with Gasteiger partial charge in [0.1, 0.15) is 0 Å². The van der Waals surface area contributed by atoms with Gasteiger partial charge in [-0.2, -0.15) is 0 Å². The molecule has 0 aliphatic heterocycles. The topological polar surface area (TPSA) is 29.5 Å². The van der Waals surface area contributed by atoms with Crippen molar-refractivity contribution in [1.29, 1.82) is 0 Å². The minimum Gasteiger partial charge on any atom is -0.466 e. The second-order valence-corrected chi connectivity index (χ2v) is 4.40. The number of nitrogens with zero attached hydrogens (tertiary/aromatic N) is 1. The zero-order chi connectivity index (χ0) is 14.3. The lowest BCUT2D eigenvalue weighted by Gasteiger charge is -2.28. The van der Waals surface area contributed by atoms with Gasteiger partial charge in [0.25, 0.3) is 0 Å². The summed E-state index contributed by atoms with van der Waals surface area (Å²) in [6, 6.07) is 10.0. The summed E-state index contributed by atoms with van der Waals surface area (Å²) in [5.41, 5.74) is 1.65. The summed E-state index contributed by atoms with van der Waals surface area (Å²) < 4.78 is 4.72. The van der Waals surface area contributed by atoms with E-state index in [4.69, 9.17) is 4.74 Å². The summed E-state index contributed by atoms with van der Waals surface area (Å²) in [6.07, 6.45) is 1.82. The average molecular weight is 259 g/mol. The van der Waals surface area contributed by atoms with Gasteiger partial charge in [0.15, 0.2) is 0 Å². The van der Waals surface area contributed by atoms with Gasteiger partial charge < -0.3 is 4.74 Å². The highest BCUT2D eigenvalue weighted by atomic mass is 16.5. The summed E-state index contributed by atoms with van der Waals surface area (Å²) in [7, 11) is 1.37. The Morgan fingerprint density at radius 1 is 1.42 bits per heavy atom. The van der Waals surface area contributed by atoms with Gasteiger partial charge in [-0.25, -0.2) is 4.79 Å². The first-order valence-electron chi connectivity index (χ1n) is 6.26. The standard InChI is InChI=1S/C16H21NO2/c1-5-11-17(12-15-9-7-6-8-10-15)14(3)13(2)16(18)19-4/h5-10,14H,1-2,11-12H2,3-4H3. The third kappa shape index (κ3) is 4.38. The molecular formula is C16H21NO2. The number of carbonyl (C=O) groups is 1. The van der Waals surface area contributed by atoms with Crippen molar-refractivity contribution in [2.45, 2.75) is 19.5 Å². The molecule has 102 valence electrons. The molecule has 0 spiro atoms. The van der Waals surface area contributed by atoms with E-state index in [1.807, 2.05) is 31.2 Å². The van der Waals surface area contributed by atoms with Crippen molar-refractivity contribution in [3.8, 4) is 0 Å². The Hall–Kier alpha value is -1.87. The SMILES string of the molecule is C=CCN(Cc1ccccc1)C(C)C(=C)C(=O)OC. The van der Waals surface area contributed by atoms with Gasteiger partial charge in [0.05, 0.1) is 7.11 Å². The molecule has 3 nitrogen and oxygen atoms in total. The van der Waals surface area contributed by atoms with Crippen LogP contribution >= 0.6 is 0 Å². The largest absolute Gasteiger partial charge is 0.466 e. The van der Waals surface area contributed by atoms with Crippen molar-refractivity contribution in [1.82, 2.24) is 4.90 Å². The smallest absolute Gasteiger partial charge is 0.334 e. The molecule has 0 radical (unpaired) electrons. The number of esters is 1. The lowest BCUT2D eigenvalue weighted by Crippen LogP contribution is -2.36. The molecule has 1 aromatic carbocycles. The van der Waals surface area contributed by atoms with Gasteiger partial charge >= 0.3 is 5.97 Å². The van der Waals surface area contributed by atoms with Crippen LogP contribution in [0.2, 0.25) is 0 Å². The first-order valence-corrected chi connectivity index (χ1v) is 6.26. The van der Waals surface area contributed by atoms with Gasteiger partial charge in [-0.15, -0.1) is 6.58 Å². The molecule has 0 saturated heterocycles. The Kier molecular flexibility index (Phi) is 6.03. The lowest BCUT2D eigenvalue weighted by molar-refractivity contribution is -0.136. The Morgan fingerprint density at radius 2 is 2.05 bits per heavy atom. The molecule has 0 saturated carbocycles. The van der Waals surface area contributed by atoms with Crippen molar-refractivity contribution in [3.63, 3.8) is 0 Å². The van der Waals surface area contributed by atoms with E-state index in [0.717, 1.165) is 6.54 Å². The van der Waals surface area contributed by atoms with Crippen molar-refractivity contribution in [2.24, 2.45) is 0 Å². The normalized spacial score (nSPS) is 11.9. The Bertz CT molecular complexity index is 439. The quantitative estimate of drug-likeness (QED) is 0.428. The van der Waals surface area contributed by atoms with E-state index >= 15 is 0 Å². The first kappa shape index (κ1) is 15.2. The van der Waals surface area contributed by atoms with Crippen molar-refractivity contribution < 1.29 is 9.53 Å². The molecular weight excluding hydrogens is 238 g/mol. The highest BCUT2D eigenvalue weighted by Gasteiger charge is 2.21. The molecule has 0 amide bonds. The molecule has 0 aromatic heterocycles. The van der Waals surface area contributed by atoms with Crippen molar-refractivity contribution in [3.05, 3.63) is 60.7 Å². The van der Waals surface area contributed by atoms with Gasteiger partial charge in [-0.3, -0.25) is 4.90 Å². The molecule has 0 heterocycles. The molecule has 0 N–H and O–H groups in total. The van der Waals surface area contributed by atoms with Crippen LogP contribution in [0.15, 0.2) is 55.1 Å². The number of hydrogen-bond acceptors (Lipinski definition) is 3. The molecule has 1 unspecified atom stereocenters. The fraction of sp³-hybridized carbons (Fsp3) is 0.312. The van der Waals surface area contributed by atoms with E-state index in [2.05, 4.69) is 30.2 Å². The van der Waals surface area contributed by atoms with Gasteiger partial charge in [0.2, 0.25) is 0 Å². The Balaban J connectivity index is 2.79. The van der Waals surface area contributed by atoms with E-state index in [9.17, 15) is 4.79 Å². The van der Waals surface area contributed by atoms with Crippen LogP contribution in [0.25, 0.3) is 0 Å². The number of ether oxygens (including phenoxy) is 1. The van der Waals surface area contributed by atoms with E-state index in [0.29, 0.717) is 12.1 Å². The molecule has 0 aliphatic rings. The Morgan fingerprint density at radius 3 is 2.58 bits per heavy atom. The zero-order valence-electron chi connectivity index (χ0n) is 11.6. The van der Waals surface area contributed by atoms with E-state index in [1.54, 1.807) is 0 Å². The highest BCUT2D eigenvalue weighted by Crippen LogP contribution is 2.14. The molecule has 1 aromatic rings. The Labute approximate surface area is 115 Å². The molecule has 0 bridgehead atoms. The maximum absolute atomic E-state index is 11.5. The summed E-state index contributed by atoms with van der Waals surface area (Å²) in [5.74, 6) is -0.366. The number of benzene rings is 1. The summed E-state index contributed by atoms with van der Waals surface area (Å²) in [6.45, 7) is 11.0. The maximum atomic E-state index is 11.5. The third-order valence-corrected chi connectivity index (χ3v) is 3.09. The van der Waals surface area contributed by atoms with E-state index < -0.39 is 0 Å². The third-order valence-electron chi connectivity index (χ3n) is 3.09. The number of carbonyl (C=O) groups excluding carboxylic acids is 1. The lowest BCUT2D eigenvalue weighted by atomic mass is 10.1. The molecule has 1 rings (SSSR count). The predicted molar refractivity (Wildman–Crippen MR) is 77.7 cm³/mol. The molecule has 1 atom stereocenters. The van der Waals surface area contributed by atoms with Crippen LogP contribution in [-0.4, -0.2) is 30.6 Å². The highest BCUT2D eigenvalue weighted by molar-refractivity contribution is 5.88. The van der Waals surface area contributed by atoms with Gasteiger partial charge in [-0.1, -0.05) is 43.0 Å². The summed E-state index contributed by atoms with van der Waals surface area (Å²) in [4.78, 5) is 13.7. The van der Waals surface area contributed by atoms with Crippen LogP contribution in [0.4, 0.5) is 0 Å². The summed E-state index contributed by atoms with van der Waals surface area (Å²) >= 11 is 0. The van der Waals surface area contributed by atoms with Crippen LogP contribution in [-0.2, 0) is 16.1 Å². The average Bonchev–Trinajstić information content (AvgIpc) is 2.45. The minimum atomic E-state index is -0.366. The van der Waals surface area contributed by atoms with Crippen molar-refractivity contribution in [2.75, 3.05) is 13.7 Å². The van der Waals surface area contributed by atoms with Gasteiger partial charge in [-0.05, 0) is 12.5 Å². The second-order valence-electron chi connectivity index (χ2n) is 4.40. The second kappa shape index (κ2) is 7.54. The first-order chi connectivity index (χ1) is 9.10. The van der Waals surface area contributed by atoms with Crippen LogP contribution < -0.4 is 0 Å². The molecule has 0 fully saturated rings. The molecule has 3 heteroatoms. The zero-order valence-corrected chi connectivity index (χ0v) is 11.6. The predicted octanol–water partition coefficient (Wildman–Crippen LogP) is 2.79. The number of methoxy groups -OCH3 is 1. The van der Waals surface area contributed by atoms with Crippen LogP contribution in [0.3, 0.4) is 0 Å². The number of hydrogen-bond donors (Lipinski definition) is 0. The van der Waals surface area contributed by atoms with Crippen LogP contribution in [0, 0.1) is 0 Å². The number of rotatable bonds is 7.